The molecule has 0 bridgehead atoms. The number of alkyl halides is 3. The Kier molecular flexibility index (Phi) is 4.79. The molecule has 1 heterocycles. The second kappa shape index (κ2) is 6.45. The maximum atomic E-state index is 12.5. The van der Waals surface area contributed by atoms with Gasteiger partial charge in [0.25, 0.3) is 5.56 Å². The molecule has 0 unspecified atom stereocenters. The SMILES string of the molecule is COC(=O)c1cc(Cl)cn(Cc2ccc(C(F)(F)F)cc2)c1=O. The first-order valence-corrected chi connectivity index (χ1v) is 6.74. The molecule has 2 rings (SSSR count). The van der Waals surface area contributed by atoms with Crippen LogP contribution in [0.5, 0.6) is 0 Å². The Morgan fingerprint density at radius 2 is 1.87 bits per heavy atom. The lowest BCUT2D eigenvalue weighted by Crippen LogP contribution is -2.27. The minimum Gasteiger partial charge on any atom is -0.465 e. The summed E-state index contributed by atoms with van der Waals surface area (Å²) < 4.78 is 43.2. The van der Waals surface area contributed by atoms with Gasteiger partial charge in [-0.1, -0.05) is 23.7 Å². The first kappa shape index (κ1) is 17.1. The van der Waals surface area contributed by atoms with E-state index in [-0.39, 0.29) is 17.1 Å². The van der Waals surface area contributed by atoms with Crippen LogP contribution in [0.15, 0.2) is 41.3 Å². The third-order valence-corrected chi connectivity index (χ3v) is 3.30. The zero-order valence-electron chi connectivity index (χ0n) is 11.9. The number of rotatable bonds is 3. The molecule has 1 aromatic heterocycles. The molecule has 2 aromatic rings. The van der Waals surface area contributed by atoms with Crippen molar-refractivity contribution in [1.29, 1.82) is 0 Å². The largest absolute Gasteiger partial charge is 0.465 e. The summed E-state index contributed by atoms with van der Waals surface area (Å²) in [5.74, 6) is -0.835. The fourth-order valence-electron chi connectivity index (χ4n) is 1.97. The van der Waals surface area contributed by atoms with Gasteiger partial charge < -0.3 is 9.30 Å². The number of halogens is 4. The van der Waals surface area contributed by atoms with E-state index in [9.17, 15) is 22.8 Å². The van der Waals surface area contributed by atoms with E-state index in [4.69, 9.17) is 11.6 Å². The van der Waals surface area contributed by atoms with Gasteiger partial charge in [0.15, 0.2) is 0 Å². The minimum absolute atomic E-state index is 0.0263. The van der Waals surface area contributed by atoms with Gasteiger partial charge in [-0.05, 0) is 23.8 Å². The average molecular weight is 346 g/mol. The number of esters is 1. The van der Waals surface area contributed by atoms with Gasteiger partial charge in [-0.2, -0.15) is 13.2 Å². The van der Waals surface area contributed by atoms with E-state index in [0.717, 1.165) is 23.8 Å². The molecular weight excluding hydrogens is 335 g/mol. The summed E-state index contributed by atoms with van der Waals surface area (Å²) in [6.45, 7) is -0.0263. The molecule has 0 saturated heterocycles. The Bertz CT molecular complexity index is 782. The summed E-state index contributed by atoms with van der Waals surface area (Å²) in [6, 6.07) is 5.54. The molecule has 0 radical (unpaired) electrons. The van der Waals surface area contributed by atoms with Crippen molar-refractivity contribution in [2.45, 2.75) is 12.7 Å². The highest BCUT2D eigenvalue weighted by atomic mass is 35.5. The number of hydrogen-bond acceptors (Lipinski definition) is 3. The molecule has 4 nitrogen and oxygen atoms in total. The number of carbonyl (C=O) groups is 1. The van der Waals surface area contributed by atoms with Gasteiger partial charge >= 0.3 is 12.1 Å². The third kappa shape index (κ3) is 3.92. The molecule has 0 atom stereocenters. The molecule has 0 amide bonds. The smallest absolute Gasteiger partial charge is 0.416 e. The number of pyridine rings is 1. The van der Waals surface area contributed by atoms with Crippen LogP contribution in [0.2, 0.25) is 5.02 Å². The van der Waals surface area contributed by atoms with Crippen molar-refractivity contribution in [2.75, 3.05) is 7.11 Å². The quantitative estimate of drug-likeness (QED) is 0.801. The highest BCUT2D eigenvalue weighted by Gasteiger charge is 2.29. The highest BCUT2D eigenvalue weighted by molar-refractivity contribution is 6.30. The van der Waals surface area contributed by atoms with Gasteiger partial charge in [0, 0.05) is 6.20 Å². The maximum Gasteiger partial charge on any atom is 0.416 e. The van der Waals surface area contributed by atoms with Crippen LogP contribution in [0.25, 0.3) is 0 Å². The van der Waals surface area contributed by atoms with E-state index in [1.165, 1.54) is 24.4 Å². The number of hydrogen-bond donors (Lipinski definition) is 0. The molecule has 0 aliphatic rings. The molecule has 0 spiro atoms. The van der Waals surface area contributed by atoms with Crippen LogP contribution < -0.4 is 5.56 Å². The van der Waals surface area contributed by atoms with Crippen molar-refractivity contribution in [3.8, 4) is 0 Å². The lowest BCUT2D eigenvalue weighted by atomic mass is 10.1. The number of methoxy groups -OCH3 is 1. The summed E-state index contributed by atoms with van der Waals surface area (Å²) >= 11 is 5.86. The molecule has 0 aliphatic carbocycles. The van der Waals surface area contributed by atoms with Crippen LogP contribution in [-0.2, 0) is 17.5 Å². The van der Waals surface area contributed by atoms with Crippen LogP contribution in [0, 0.1) is 0 Å². The summed E-state index contributed by atoms with van der Waals surface area (Å²) in [4.78, 5) is 23.7. The molecule has 0 N–H and O–H groups in total. The van der Waals surface area contributed by atoms with E-state index >= 15 is 0 Å². The molecule has 0 fully saturated rings. The number of carbonyl (C=O) groups excluding carboxylic acids is 1. The minimum atomic E-state index is -4.43. The lowest BCUT2D eigenvalue weighted by molar-refractivity contribution is -0.137. The van der Waals surface area contributed by atoms with Crippen LogP contribution in [0.3, 0.4) is 0 Å². The normalized spacial score (nSPS) is 11.3. The Morgan fingerprint density at radius 3 is 2.39 bits per heavy atom. The summed E-state index contributed by atoms with van der Waals surface area (Å²) in [7, 11) is 1.13. The summed E-state index contributed by atoms with van der Waals surface area (Å²) in [6.07, 6.45) is -3.13. The Hall–Kier alpha value is -2.28. The zero-order valence-corrected chi connectivity index (χ0v) is 12.6. The molecule has 0 aliphatic heterocycles. The molecule has 122 valence electrons. The third-order valence-electron chi connectivity index (χ3n) is 3.09. The molecule has 0 saturated carbocycles. The molecule has 23 heavy (non-hydrogen) atoms. The maximum absolute atomic E-state index is 12.5. The average Bonchev–Trinajstić information content (AvgIpc) is 2.49. The van der Waals surface area contributed by atoms with Crippen molar-refractivity contribution in [3.63, 3.8) is 0 Å². The van der Waals surface area contributed by atoms with Crippen molar-refractivity contribution >= 4 is 17.6 Å². The van der Waals surface area contributed by atoms with E-state index in [2.05, 4.69) is 4.74 Å². The first-order chi connectivity index (χ1) is 10.7. The Morgan fingerprint density at radius 1 is 1.26 bits per heavy atom. The van der Waals surface area contributed by atoms with Gasteiger partial charge in [0.2, 0.25) is 0 Å². The van der Waals surface area contributed by atoms with Gasteiger partial charge in [-0.15, -0.1) is 0 Å². The van der Waals surface area contributed by atoms with E-state index in [0.29, 0.717) is 5.56 Å². The van der Waals surface area contributed by atoms with Gasteiger partial charge in [0.1, 0.15) is 5.56 Å². The molecule has 1 aromatic carbocycles. The summed E-state index contributed by atoms with van der Waals surface area (Å²) in [5.41, 5.74) is -1.21. The predicted molar refractivity (Wildman–Crippen MR) is 77.6 cm³/mol. The van der Waals surface area contributed by atoms with Crippen LogP contribution in [0.1, 0.15) is 21.5 Å². The van der Waals surface area contributed by atoms with Crippen molar-refractivity contribution in [1.82, 2.24) is 4.57 Å². The van der Waals surface area contributed by atoms with E-state index in [1.54, 1.807) is 0 Å². The fraction of sp³-hybridized carbons (Fsp3) is 0.200. The number of aromatic nitrogens is 1. The van der Waals surface area contributed by atoms with E-state index < -0.39 is 23.3 Å². The number of ether oxygens (including phenoxy) is 1. The van der Waals surface area contributed by atoms with Crippen molar-refractivity contribution in [3.05, 3.63) is 68.6 Å². The second-order valence-electron chi connectivity index (χ2n) is 4.69. The van der Waals surface area contributed by atoms with Crippen LogP contribution >= 0.6 is 11.6 Å². The first-order valence-electron chi connectivity index (χ1n) is 6.37. The van der Waals surface area contributed by atoms with Gasteiger partial charge in [-0.3, -0.25) is 4.79 Å². The number of benzene rings is 1. The zero-order chi connectivity index (χ0) is 17.2. The van der Waals surface area contributed by atoms with Gasteiger partial charge in [0.05, 0.1) is 24.2 Å². The van der Waals surface area contributed by atoms with Crippen LogP contribution in [0.4, 0.5) is 13.2 Å². The van der Waals surface area contributed by atoms with Crippen LogP contribution in [-0.4, -0.2) is 17.6 Å². The van der Waals surface area contributed by atoms with E-state index in [1.807, 2.05) is 0 Å². The van der Waals surface area contributed by atoms with Crippen molar-refractivity contribution in [2.24, 2.45) is 0 Å². The van der Waals surface area contributed by atoms with Gasteiger partial charge in [-0.25, -0.2) is 4.79 Å². The summed E-state index contributed by atoms with van der Waals surface area (Å²) in [5, 5.41) is 0.136. The second-order valence-corrected chi connectivity index (χ2v) is 5.13. The number of nitrogens with zero attached hydrogens (tertiary/aromatic N) is 1. The fourth-order valence-corrected chi connectivity index (χ4v) is 2.20. The monoisotopic (exact) mass is 345 g/mol. The highest BCUT2D eigenvalue weighted by Crippen LogP contribution is 2.29. The molecule has 8 heteroatoms. The molecular formula is C15H11ClF3NO3. The predicted octanol–water partition coefficient (Wildman–Crippen LogP) is 3.36. The lowest BCUT2D eigenvalue weighted by Gasteiger charge is -2.10. The topological polar surface area (TPSA) is 48.3 Å². The Labute approximate surface area is 134 Å². The van der Waals surface area contributed by atoms with Crippen molar-refractivity contribution < 1.29 is 22.7 Å². The standard InChI is InChI=1S/C15H11ClF3NO3/c1-23-14(22)12-6-11(16)8-20(13(12)21)7-9-2-4-10(5-3-9)15(17,18)19/h2-6,8H,7H2,1H3. The Balaban J connectivity index is 2.35.